The Labute approximate surface area is 325 Å². The molecule has 4 aliphatic heterocycles. The molecule has 0 bridgehead atoms. The number of benzene rings is 4. The molecule has 4 aliphatic rings. The van der Waals surface area contributed by atoms with E-state index in [0.29, 0.717) is 74.7 Å². The lowest BCUT2D eigenvalue weighted by Crippen LogP contribution is -2.47. The van der Waals surface area contributed by atoms with Gasteiger partial charge in [-0.25, -0.2) is 0 Å². The minimum absolute atomic E-state index is 0.0298. The van der Waals surface area contributed by atoms with Crippen LogP contribution >= 0.6 is 0 Å². The molecular formula is C44H46O12. The number of carbonyl (C=O) groups excluding carboxylic acids is 1. The summed E-state index contributed by atoms with van der Waals surface area (Å²) in [5.41, 5.74) is 3.39. The van der Waals surface area contributed by atoms with Crippen LogP contribution in [0.5, 0.6) is 51.7 Å². The van der Waals surface area contributed by atoms with E-state index >= 15 is 0 Å². The molecule has 0 radical (unpaired) electrons. The van der Waals surface area contributed by atoms with Crippen molar-refractivity contribution in [3.05, 3.63) is 94.1 Å². The van der Waals surface area contributed by atoms with Gasteiger partial charge < -0.3 is 53.2 Å². The summed E-state index contributed by atoms with van der Waals surface area (Å²) in [6.45, 7) is 7.49. The van der Waals surface area contributed by atoms with Gasteiger partial charge in [0.25, 0.3) is 5.79 Å². The van der Waals surface area contributed by atoms with Crippen molar-refractivity contribution in [3.63, 3.8) is 0 Å². The van der Waals surface area contributed by atoms with Gasteiger partial charge in [-0.05, 0) is 81.8 Å². The minimum Gasteiger partial charge on any atom is -0.507 e. The Morgan fingerprint density at radius 1 is 0.821 bits per heavy atom. The van der Waals surface area contributed by atoms with Gasteiger partial charge >= 0.3 is 0 Å². The van der Waals surface area contributed by atoms with Crippen molar-refractivity contribution < 1.29 is 58.0 Å². The number of phenols is 1. The van der Waals surface area contributed by atoms with Gasteiger partial charge in [-0.15, -0.1) is 0 Å². The monoisotopic (exact) mass is 766 g/mol. The van der Waals surface area contributed by atoms with Crippen molar-refractivity contribution in [2.75, 3.05) is 35.0 Å². The molecule has 0 spiro atoms. The largest absolute Gasteiger partial charge is 0.507 e. The number of rotatable bonds is 7. The van der Waals surface area contributed by atoms with E-state index in [1.165, 1.54) is 6.07 Å². The van der Waals surface area contributed by atoms with Crippen molar-refractivity contribution in [3.8, 4) is 51.7 Å². The fraction of sp³-hybridized carbons (Fsp3) is 0.341. The number of aromatic hydroxyl groups is 1. The molecule has 3 N–H and O–H groups in total. The van der Waals surface area contributed by atoms with E-state index in [4.69, 9.17) is 37.9 Å². The van der Waals surface area contributed by atoms with Crippen LogP contribution in [0, 0.1) is 0 Å². The van der Waals surface area contributed by atoms with Gasteiger partial charge in [-0.3, -0.25) is 4.79 Å². The molecule has 56 heavy (non-hydrogen) atoms. The van der Waals surface area contributed by atoms with Gasteiger partial charge in [0, 0.05) is 53.3 Å². The number of aliphatic hydroxyl groups excluding tert-OH is 1. The molecule has 0 saturated carbocycles. The van der Waals surface area contributed by atoms with Gasteiger partial charge in [0.2, 0.25) is 0 Å². The molecule has 0 fully saturated rings. The first-order valence-corrected chi connectivity index (χ1v) is 18.1. The van der Waals surface area contributed by atoms with Gasteiger partial charge in [-0.1, -0.05) is 6.07 Å². The van der Waals surface area contributed by atoms with Gasteiger partial charge in [0.05, 0.1) is 45.7 Å². The molecule has 0 saturated heterocycles. The number of ether oxygens (including phenoxy) is 8. The second-order valence-electron chi connectivity index (χ2n) is 15.1. The third-order valence-corrected chi connectivity index (χ3v) is 10.3. The number of aliphatic hydroxyl groups is 2. The zero-order valence-corrected chi connectivity index (χ0v) is 32.6. The first-order valence-electron chi connectivity index (χ1n) is 18.1. The fourth-order valence-electron chi connectivity index (χ4n) is 7.14. The molecular weight excluding hydrogens is 720 g/mol. The Morgan fingerprint density at radius 3 is 2.29 bits per heavy atom. The van der Waals surface area contributed by atoms with E-state index in [2.05, 4.69) is 0 Å². The molecule has 12 nitrogen and oxygen atoms in total. The molecule has 0 amide bonds. The average Bonchev–Trinajstić information content (AvgIpc) is 3.16. The van der Waals surface area contributed by atoms with E-state index in [1.807, 2.05) is 56.3 Å². The smallest absolute Gasteiger partial charge is 0.270 e. The van der Waals surface area contributed by atoms with Crippen LogP contribution in [0.1, 0.15) is 65.9 Å². The maximum Gasteiger partial charge on any atom is 0.270 e. The SMILES string of the molecule is COc1c(CC(=O)c2cc3c(cc2O)OC(C)(C)C(O)C3)ccc2c1C=CC(C)(C)O2.COc1ccc2c(c1)OC1(O)COc3cc(OC)c(OC)cc3C1=C2. The van der Waals surface area contributed by atoms with E-state index in [-0.39, 0.29) is 30.1 Å². The lowest BCUT2D eigenvalue weighted by atomic mass is 9.89. The zero-order chi connectivity index (χ0) is 40.2. The molecule has 0 aliphatic carbocycles. The zero-order valence-electron chi connectivity index (χ0n) is 32.6. The maximum atomic E-state index is 13.1. The quantitative estimate of drug-likeness (QED) is 0.170. The van der Waals surface area contributed by atoms with Crippen LogP contribution in [-0.2, 0) is 12.8 Å². The number of Topliss-reactive ketones (excluding diaryl/α,β-unsaturated/α-hetero) is 1. The number of ketones is 1. The molecule has 12 heteroatoms. The summed E-state index contributed by atoms with van der Waals surface area (Å²) < 4.78 is 44.9. The van der Waals surface area contributed by atoms with Crippen LogP contribution in [0.3, 0.4) is 0 Å². The highest BCUT2D eigenvalue weighted by Crippen LogP contribution is 2.49. The standard InChI is InChI=1S/C25H28O6.C19H18O6/c1-24(2)9-8-16-20(30-24)7-6-14(23(16)29-5)11-18(26)17-10-15-12-22(28)25(3,4)31-21(15)13-19(17)27;1-21-12-5-4-11-6-14-13-8-17(22-2)18(23-3)9-16(13)24-10-19(14,20)25-15(11)7-12/h6-10,13,22,27-28H,11-12H2,1-5H3;4-9,20H,10H2,1-3H3. The summed E-state index contributed by atoms with van der Waals surface area (Å²) in [5, 5.41) is 31.8. The van der Waals surface area contributed by atoms with Crippen LogP contribution in [0.25, 0.3) is 17.7 Å². The van der Waals surface area contributed by atoms with Gasteiger partial charge in [-0.2, -0.15) is 0 Å². The van der Waals surface area contributed by atoms with Crippen LogP contribution in [0.4, 0.5) is 0 Å². The molecule has 4 aromatic rings. The predicted octanol–water partition coefficient (Wildman–Crippen LogP) is 6.81. The summed E-state index contributed by atoms with van der Waals surface area (Å²) >= 11 is 0. The molecule has 4 aromatic carbocycles. The fourth-order valence-corrected chi connectivity index (χ4v) is 7.14. The Bertz CT molecular complexity index is 2270. The average molecular weight is 767 g/mol. The Morgan fingerprint density at radius 2 is 1.57 bits per heavy atom. The highest BCUT2D eigenvalue weighted by molar-refractivity contribution is 6.01. The third-order valence-electron chi connectivity index (χ3n) is 10.3. The highest BCUT2D eigenvalue weighted by atomic mass is 16.7. The van der Waals surface area contributed by atoms with Crippen molar-refractivity contribution in [2.24, 2.45) is 0 Å². The molecule has 4 heterocycles. The van der Waals surface area contributed by atoms with E-state index < -0.39 is 23.1 Å². The first-order chi connectivity index (χ1) is 26.6. The van der Waals surface area contributed by atoms with Crippen LogP contribution in [0.2, 0.25) is 0 Å². The molecule has 2 atom stereocenters. The number of fused-ring (bicyclic) bond motifs is 6. The molecule has 0 aromatic heterocycles. The predicted molar refractivity (Wildman–Crippen MR) is 209 cm³/mol. The number of hydrogen-bond donors (Lipinski definition) is 3. The molecule has 2 unspecified atom stereocenters. The van der Waals surface area contributed by atoms with E-state index in [9.17, 15) is 20.1 Å². The minimum atomic E-state index is -1.58. The third kappa shape index (κ3) is 7.06. The molecule has 294 valence electrons. The first kappa shape index (κ1) is 38.4. The number of hydrogen-bond acceptors (Lipinski definition) is 12. The summed E-state index contributed by atoms with van der Waals surface area (Å²) in [4.78, 5) is 13.1. The van der Waals surface area contributed by atoms with Crippen molar-refractivity contribution in [1.82, 2.24) is 0 Å². The number of phenolic OH excluding ortho intramolecular Hbond substituents is 1. The Hall–Kier alpha value is -5.85. The maximum absolute atomic E-state index is 13.1. The Balaban J connectivity index is 0.000000175. The summed E-state index contributed by atoms with van der Waals surface area (Å²) in [5.74, 6) is 2.71. The van der Waals surface area contributed by atoms with Crippen molar-refractivity contribution >= 4 is 23.5 Å². The van der Waals surface area contributed by atoms with Crippen LogP contribution < -0.4 is 37.9 Å². The lowest BCUT2D eigenvalue weighted by Gasteiger charge is -2.39. The van der Waals surface area contributed by atoms with E-state index in [1.54, 1.807) is 66.6 Å². The van der Waals surface area contributed by atoms with Gasteiger partial charge in [0.15, 0.2) is 23.9 Å². The van der Waals surface area contributed by atoms with E-state index in [0.717, 1.165) is 11.1 Å². The second kappa shape index (κ2) is 14.3. The number of methoxy groups -OCH3 is 4. The summed E-state index contributed by atoms with van der Waals surface area (Å²) in [7, 11) is 6.28. The molecule has 8 rings (SSSR count). The van der Waals surface area contributed by atoms with Gasteiger partial charge in [0.1, 0.15) is 51.4 Å². The summed E-state index contributed by atoms with van der Waals surface area (Å²) in [6.07, 6.45) is 5.49. The second-order valence-corrected chi connectivity index (χ2v) is 15.1. The van der Waals surface area contributed by atoms with Crippen molar-refractivity contribution in [2.45, 2.75) is 63.6 Å². The summed E-state index contributed by atoms with van der Waals surface area (Å²) in [6, 6.07) is 15.7. The topological polar surface area (TPSA) is 152 Å². The highest BCUT2D eigenvalue weighted by Gasteiger charge is 2.45. The number of carbonyl (C=O) groups is 1. The lowest BCUT2D eigenvalue weighted by molar-refractivity contribution is -0.116. The Kier molecular flexibility index (Phi) is 9.84. The van der Waals surface area contributed by atoms with Crippen LogP contribution in [-0.4, -0.2) is 79.2 Å². The van der Waals surface area contributed by atoms with Crippen molar-refractivity contribution in [1.29, 1.82) is 0 Å². The van der Waals surface area contributed by atoms with Crippen LogP contribution in [0.15, 0.2) is 60.7 Å². The normalized spacial score (nSPS) is 20.1.